The molecule has 0 fully saturated rings. The van der Waals surface area contributed by atoms with Crippen molar-refractivity contribution in [1.82, 2.24) is 20.2 Å². The van der Waals surface area contributed by atoms with Crippen LogP contribution in [0.15, 0.2) is 29.8 Å². The second-order valence-corrected chi connectivity index (χ2v) is 8.86. The number of aryl methyl sites for hydroxylation is 2. The third-order valence-electron chi connectivity index (χ3n) is 5.30. The minimum absolute atomic E-state index is 0.146. The molecule has 0 saturated heterocycles. The molecule has 3 N–H and O–H groups in total. The first kappa shape index (κ1) is 22.0. The van der Waals surface area contributed by atoms with Crippen LogP contribution in [0.2, 0.25) is 5.02 Å². The second-order valence-electron chi connectivity index (χ2n) is 7.58. The van der Waals surface area contributed by atoms with E-state index in [1.165, 1.54) is 23.1 Å². The van der Waals surface area contributed by atoms with Gasteiger partial charge in [-0.15, -0.1) is 11.3 Å². The zero-order valence-corrected chi connectivity index (χ0v) is 19.5. The number of hydrogen-bond donors (Lipinski definition) is 3. The van der Waals surface area contributed by atoms with Crippen molar-refractivity contribution < 1.29 is 9.59 Å². The number of nitrogens with zero attached hydrogens (tertiary/aromatic N) is 3. The van der Waals surface area contributed by atoms with Crippen molar-refractivity contribution in [1.29, 1.82) is 0 Å². The fourth-order valence-corrected chi connectivity index (χ4v) is 4.60. The third kappa shape index (κ3) is 4.53. The minimum Gasteiger partial charge on any atom is -0.354 e. The van der Waals surface area contributed by atoms with E-state index < -0.39 is 0 Å². The number of nitrogens with one attached hydrogen (secondary N) is 3. The molecule has 4 rings (SSSR count). The lowest BCUT2D eigenvalue weighted by atomic mass is 10.0. The lowest BCUT2D eigenvalue weighted by Gasteiger charge is -2.15. The fraction of sp³-hybridized carbons (Fsp3) is 0.273. The maximum Gasteiger partial charge on any atom is 0.263 e. The van der Waals surface area contributed by atoms with E-state index in [0.29, 0.717) is 40.3 Å². The van der Waals surface area contributed by atoms with Crippen LogP contribution in [0.4, 0.5) is 23.1 Å². The number of hydrogen-bond acceptors (Lipinski definition) is 7. The Morgan fingerprint density at radius 2 is 2.03 bits per heavy atom. The summed E-state index contributed by atoms with van der Waals surface area (Å²) in [5, 5.41) is 11.3. The molecule has 0 aliphatic carbocycles. The molecule has 0 radical (unpaired) electrons. The number of benzene rings is 1. The van der Waals surface area contributed by atoms with Gasteiger partial charge in [-0.1, -0.05) is 17.7 Å². The molecule has 3 aromatic rings. The summed E-state index contributed by atoms with van der Waals surface area (Å²) in [4.78, 5) is 35.3. The van der Waals surface area contributed by atoms with Crippen molar-refractivity contribution in [3.63, 3.8) is 0 Å². The molecule has 0 spiro atoms. The second kappa shape index (κ2) is 9.13. The van der Waals surface area contributed by atoms with Gasteiger partial charge in [0.05, 0.1) is 11.9 Å². The number of thiophene rings is 1. The van der Waals surface area contributed by atoms with Crippen molar-refractivity contribution in [3.05, 3.63) is 56.4 Å². The first-order valence-corrected chi connectivity index (χ1v) is 11.3. The topological polar surface area (TPSA) is 99.2 Å². The number of amides is 2. The lowest BCUT2D eigenvalue weighted by Crippen LogP contribution is -2.24. The normalized spacial score (nSPS) is 13.4. The standard InChI is InChI=1S/C22H23ClN6O2S/c1-12-11-32-19(21(31)24-2)18(12)27-20-16(23)9-25-22(28-20)26-15-6-4-13-5-7-17(30)29(3)10-14(13)8-15/h4,6,8-9,11H,5,7,10H2,1-3H3,(H,24,31)(H2,25,26,27,28). The first-order valence-electron chi connectivity index (χ1n) is 10.1. The van der Waals surface area contributed by atoms with Crippen molar-refractivity contribution >= 4 is 57.9 Å². The molecule has 8 nitrogen and oxygen atoms in total. The van der Waals surface area contributed by atoms with Crippen LogP contribution in [-0.2, 0) is 17.8 Å². The Hall–Kier alpha value is -3.17. The highest BCUT2D eigenvalue weighted by atomic mass is 35.5. The molecular formula is C22H23ClN6O2S. The Bertz CT molecular complexity index is 1200. The Morgan fingerprint density at radius 1 is 1.22 bits per heavy atom. The van der Waals surface area contributed by atoms with Gasteiger partial charge in [-0.3, -0.25) is 9.59 Å². The van der Waals surface area contributed by atoms with Gasteiger partial charge in [0.25, 0.3) is 5.91 Å². The van der Waals surface area contributed by atoms with Crippen LogP contribution in [0.1, 0.15) is 32.8 Å². The Labute approximate surface area is 195 Å². The van der Waals surface area contributed by atoms with Crippen molar-refractivity contribution in [2.24, 2.45) is 0 Å². The molecule has 1 aromatic carbocycles. The number of carbonyl (C=O) groups is 2. The molecule has 2 amide bonds. The molecule has 3 heterocycles. The Morgan fingerprint density at radius 3 is 2.81 bits per heavy atom. The average Bonchev–Trinajstić information content (AvgIpc) is 3.07. The first-order chi connectivity index (χ1) is 15.4. The van der Waals surface area contributed by atoms with Gasteiger partial charge >= 0.3 is 0 Å². The van der Waals surface area contributed by atoms with E-state index in [2.05, 4.69) is 25.9 Å². The van der Waals surface area contributed by atoms with Gasteiger partial charge in [0, 0.05) is 32.7 Å². The molecule has 0 saturated carbocycles. The largest absolute Gasteiger partial charge is 0.354 e. The van der Waals surface area contributed by atoms with E-state index in [4.69, 9.17) is 11.6 Å². The summed E-state index contributed by atoms with van der Waals surface area (Å²) in [5.74, 6) is 0.732. The summed E-state index contributed by atoms with van der Waals surface area (Å²) < 4.78 is 0. The molecule has 166 valence electrons. The van der Waals surface area contributed by atoms with Crippen molar-refractivity contribution in [3.8, 4) is 0 Å². The van der Waals surface area contributed by atoms with Crippen LogP contribution in [0.5, 0.6) is 0 Å². The number of halogens is 1. The Kier molecular flexibility index (Phi) is 6.29. The number of aromatic nitrogens is 2. The molecule has 32 heavy (non-hydrogen) atoms. The molecule has 0 unspecified atom stereocenters. The van der Waals surface area contributed by atoms with E-state index >= 15 is 0 Å². The highest BCUT2D eigenvalue weighted by molar-refractivity contribution is 7.12. The highest BCUT2D eigenvalue weighted by Gasteiger charge is 2.19. The van der Waals surface area contributed by atoms with Crippen molar-refractivity contribution in [2.75, 3.05) is 24.7 Å². The van der Waals surface area contributed by atoms with Crippen LogP contribution in [0, 0.1) is 6.92 Å². The molecule has 10 heteroatoms. The van der Waals surface area contributed by atoms with E-state index in [1.54, 1.807) is 11.9 Å². The number of rotatable bonds is 5. The highest BCUT2D eigenvalue weighted by Crippen LogP contribution is 2.33. The van der Waals surface area contributed by atoms with Gasteiger partial charge in [0.2, 0.25) is 11.9 Å². The SMILES string of the molecule is CNC(=O)c1scc(C)c1Nc1nc(Nc2ccc3c(c2)CN(C)C(=O)CC3)ncc1Cl. The van der Waals surface area contributed by atoms with E-state index in [1.807, 2.05) is 37.6 Å². The van der Waals surface area contributed by atoms with Gasteiger partial charge in [-0.25, -0.2) is 4.98 Å². The lowest BCUT2D eigenvalue weighted by molar-refractivity contribution is -0.130. The monoisotopic (exact) mass is 470 g/mol. The number of fused-ring (bicyclic) bond motifs is 1. The van der Waals surface area contributed by atoms with E-state index in [-0.39, 0.29) is 11.8 Å². The van der Waals surface area contributed by atoms with E-state index in [0.717, 1.165) is 23.2 Å². The third-order valence-corrected chi connectivity index (χ3v) is 6.67. The zero-order chi connectivity index (χ0) is 22.8. The van der Waals surface area contributed by atoms with Crippen molar-refractivity contribution in [2.45, 2.75) is 26.3 Å². The maximum absolute atomic E-state index is 12.2. The smallest absolute Gasteiger partial charge is 0.263 e. The summed E-state index contributed by atoms with van der Waals surface area (Å²) >= 11 is 7.68. The number of anilines is 4. The maximum atomic E-state index is 12.2. The quantitative estimate of drug-likeness (QED) is 0.515. The van der Waals surface area contributed by atoms with Crippen LogP contribution in [-0.4, -0.2) is 40.8 Å². The van der Waals surface area contributed by atoms with E-state index in [9.17, 15) is 9.59 Å². The molecule has 0 bridgehead atoms. The zero-order valence-electron chi connectivity index (χ0n) is 18.0. The summed E-state index contributed by atoms with van der Waals surface area (Å²) in [7, 11) is 3.41. The molecular weight excluding hydrogens is 448 g/mol. The molecule has 2 aromatic heterocycles. The van der Waals surface area contributed by atoms with Gasteiger partial charge < -0.3 is 20.9 Å². The minimum atomic E-state index is -0.178. The predicted molar refractivity (Wildman–Crippen MR) is 127 cm³/mol. The summed E-state index contributed by atoms with van der Waals surface area (Å²) in [6, 6.07) is 6.00. The Balaban J connectivity index is 1.58. The summed E-state index contributed by atoms with van der Waals surface area (Å²) in [5.41, 5.74) is 4.67. The van der Waals surface area contributed by atoms with Gasteiger partial charge in [0.15, 0.2) is 5.82 Å². The predicted octanol–water partition coefficient (Wildman–Crippen LogP) is 4.25. The van der Waals surface area contributed by atoms with Crippen LogP contribution in [0.3, 0.4) is 0 Å². The summed E-state index contributed by atoms with van der Waals surface area (Å²) in [6.45, 7) is 2.48. The van der Waals surface area contributed by atoms with Crippen LogP contribution < -0.4 is 16.0 Å². The molecule has 1 aliphatic heterocycles. The van der Waals surface area contributed by atoms with Crippen LogP contribution >= 0.6 is 22.9 Å². The fourth-order valence-electron chi connectivity index (χ4n) is 3.51. The van der Waals surface area contributed by atoms with Crippen LogP contribution in [0.25, 0.3) is 0 Å². The van der Waals surface area contributed by atoms with Gasteiger partial charge in [0.1, 0.15) is 9.90 Å². The van der Waals surface area contributed by atoms with Gasteiger partial charge in [-0.2, -0.15) is 4.98 Å². The average molecular weight is 471 g/mol. The summed E-state index contributed by atoms with van der Waals surface area (Å²) in [6.07, 6.45) is 2.76. The van der Waals surface area contributed by atoms with Gasteiger partial charge in [-0.05, 0) is 47.5 Å². The number of carbonyl (C=O) groups excluding carboxylic acids is 2. The molecule has 0 atom stereocenters. The molecule has 1 aliphatic rings.